The van der Waals surface area contributed by atoms with E-state index in [-0.39, 0.29) is 0 Å². The van der Waals surface area contributed by atoms with Crippen LogP contribution in [0.1, 0.15) is 0 Å². The van der Waals surface area contributed by atoms with Gasteiger partial charge in [-0.05, 0) is 24.3 Å². The van der Waals surface area contributed by atoms with Crippen LogP contribution >= 0.6 is 0 Å². The molecule has 0 aliphatic heterocycles. The van der Waals surface area contributed by atoms with Crippen molar-refractivity contribution in [1.29, 1.82) is 0 Å². The second-order valence-electron chi connectivity index (χ2n) is 6.87. The Morgan fingerprint density at radius 2 is 1.61 bits per heavy atom. The van der Waals surface area contributed by atoms with Crippen molar-refractivity contribution < 1.29 is 9.47 Å². The molecule has 0 aliphatic carbocycles. The number of nitrogens with zero attached hydrogens (tertiary/aromatic N) is 4. The van der Waals surface area contributed by atoms with E-state index in [1.807, 2.05) is 60.7 Å². The molecule has 0 spiro atoms. The van der Waals surface area contributed by atoms with Gasteiger partial charge in [0.05, 0.1) is 31.1 Å². The molecule has 0 saturated heterocycles. The summed E-state index contributed by atoms with van der Waals surface area (Å²) in [5.74, 6) is 1.87. The minimum Gasteiger partial charge on any atom is -0.493 e. The Morgan fingerprint density at radius 3 is 2.42 bits per heavy atom. The van der Waals surface area contributed by atoms with Crippen LogP contribution in [0.15, 0.2) is 73.2 Å². The Balaban J connectivity index is 1.69. The highest BCUT2D eigenvalue weighted by atomic mass is 16.5. The molecule has 5 aromatic rings. The monoisotopic (exact) mass is 409 g/mol. The van der Waals surface area contributed by atoms with E-state index in [0.29, 0.717) is 23.0 Å². The molecule has 7 heteroatoms. The van der Waals surface area contributed by atoms with Gasteiger partial charge in [0, 0.05) is 28.6 Å². The summed E-state index contributed by atoms with van der Waals surface area (Å²) in [6, 6.07) is 19.6. The molecule has 0 radical (unpaired) electrons. The molecule has 0 aliphatic rings. The molecule has 1 N–H and O–H groups in total. The third-order valence-electron chi connectivity index (χ3n) is 5.03. The number of pyridine rings is 2. The van der Waals surface area contributed by atoms with Crippen LogP contribution in [0, 0.1) is 0 Å². The van der Waals surface area contributed by atoms with Crippen molar-refractivity contribution in [3.8, 4) is 22.8 Å². The zero-order chi connectivity index (χ0) is 21.2. The van der Waals surface area contributed by atoms with Crippen LogP contribution in [0.4, 0.5) is 11.5 Å². The van der Waals surface area contributed by atoms with E-state index in [1.54, 1.807) is 20.4 Å². The molecule has 0 atom stereocenters. The third-order valence-corrected chi connectivity index (χ3v) is 5.03. The highest BCUT2D eigenvalue weighted by Gasteiger charge is 2.15. The molecule has 3 aromatic heterocycles. The number of nitrogens with one attached hydrogen (secondary N) is 1. The molecule has 0 bridgehead atoms. The van der Waals surface area contributed by atoms with Gasteiger partial charge in [0.1, 0.15) is 12.1 Å². The maximum absolute atomic E-state index is 5.47. The summed E-state index contributed by atoms with van der Waals surface area (Å²) in [5.41, 5.74) is 4.02. The first-order valence-corrected chi connectivity index (χ1v) is 9.72. The smallest absolute Gasteiger partial charge is 0.162 e. The van der Waals surface area contributed by atoms with Crippen LogP contribution in [-0.2, 0) is 0 Å². The first-order chi connectivity index (χ1) is 15.3. The van der Waals surface area contributed by atoms with Crippen molar-refractivity contribution in [2.24, 2.45) is 0 Å². The normalized spacial score (nSPS) is 10.9. The van der Waals surface area contributed by atoms with Gasteiger partial charge in [-0.25, -0.2) is 19.9 Å². The summed E-state index contributed by atoms with van der Waals surface area (Å²) in [6.45, 7) is 0. The lowest BCUT2D eigenvalue weighted by Gasteiger charge is -2.15. The molecular weight excluding hydrogens is 390 g/mol. The van der Waals surface area contributed by atoms with Crippen LogP contribution in [0.5, 0.6) is 11.5 Å². The molecule has 152 valence electrons. The summed E-state index contributed by atoms with van der Waals surface area (Å²) in [4.78, 5) is 18.1. The largest absolute Gasteiger partial charge is 0.493 e. The van der Waals surface area contributed by atoms with Crippen LogP contribution in [0.2, 0.25) is 0 Å². The summed E-state index contributed by atoms with van der Waals surface area (Å²) >= 11 is 0. The maximum Gasteiger partial charge on any atom is 0.162 e. The Labute approximate surface area is 178 Å². The van der Waals surface area contributed by atoms with Gasteiger partial charge in [-0.1, -0.05) is 30.3 Å². The van der Waals surface area contributed by atoms with E-state index in [9.17, 15) is 0 Å². The summed E-state index contributed by atoms with van der Waals surface area (Å²) in [7, 11) is 3.21. The number of rotatable bonds is 5. The number of hydrogen-bond donors (Lipinski definition) is 1. The molecule has 0 unspecified atom stereocenters. The molecular formula is C24H19N5O2. The van der Waals surface area contributed by atoms with Gasteiger partial charge in [-0.15, -0.1) is 0 Å². The number of anilines is 2. The Morgan fingerprint density at radius 1 is 0.806 bits per heavy atom. The van der Waals surface area contributed by atoms with Crippen LogP contribution in [0.25, 0.3) is 33.2 Å². The first kappa shape index (κ1) is 18.7. The summed E-state index contributed by atoms with van der Waals surface area (Å²) in [5, 5.41) is 5.20. The van der Waals surface area contributed by atoms with Gasteiger partial charge in [0.25, 0.3) is 0 Å². The molecule has 3 heterocycles. The minimum atomic E-state index is 0.608. The van der Waals surface area contributed by atoms with Gasteiger partial charge in [0.15, 0.2) is 17.1 Å². The summed E-state index contributed by atoms with van der Waals surface area (Å²) < 4.78 is 10.9. The lowest BCUT2D eigenvalue weighted by molar-refractivity contribution is 0.356. The summed E-state index contributed by atoms with van der Waals surface area (Å²) in [6.07, 6.45) is 3.27. The van der Waals surface area contributed by atoms with E-state index in [2.05, 4.69) is 20.3 Å². The molecule has 0 saturated carbocycles. The fourth-order valence-electron chi connectivity index (χ4n) is 3.53. The Bertz CT molecular complexity index is 1390. The van der Waals surface area contributed by atoms with Crippen molar-refractivity contribution in [1.82, 2.24) is 19.9 Å². The van der Waals surface area contributed by atoms with Gasteiger partial charge in [-0.3, -0.25) is 0 Å². The molecule has 0 amide bonds. The Hall–Kier alpha value is -4.26. The van der Waals surface area contributed by atoms with Crippen molar-refractivity contribution in [2.75, 3.05) is 19.5 Å². The molecule has 2 aromatic carbocycles. The zero-order valence-corrected chi connectivity index (χ0v) is 17.0. The van der Waals surface area contributed by atoms with E-state index < -0.39 is 0 Å². The molecule has 0 fully saturated rings. The number of ether oxygens (including phenoxy) is 2. The third kappa shape index (κ3) is 3.46. The van der Waals surface area contributed by atoms with Crippen LogP contribution in [-0.4, -0.2) is 34.2 Å². The fraction of sp³-hybridized carbons (Fsp3) is 0.0833. The zero-order valence-electron chi connectivity index (χ0n) is 17.0. The quantitative estimate of drug-likeness (QED) is 0.437. The van der Waals surface area contributed by atoms with Gasteiger partial charge in [0.2, 0.25) is 0 Å². The average Bonchev–Trinajstić information content (AvgIpc) is 2.83. The van der Waals surface area contributed by atoms with Crippen molar-refractivity contribution >= 4 is 33.4 Å². The predicted octanol–water partition coefficient (Wildman–Crippen LogP) is 5.00. The van der Waals surface area contributed by atoms with E-state index in [0.717, 1.165) is 33.2 Å². The highest BCUT2D eigenvalue weighted by Crippen LogP contribution is 2.36. The maximum atomic E-state index is 5.47. The number of aromatic nitrogens is 4. The lowest BCUT2D eigenvalue weighted by atomic mass is 10.1. The fourth-order valence-corrected chi connectivity index (χ4v) is 3.53. The van der Waals surface area contributed by atoms with E-state index in [1.165, 1.54) is 6.33 Å². The topological polar surface area (TPSA) is 82.1 Å². The predicted molar refractivity (Wildman–Crippen MR) is 121 cm³/mol. The highest BCUT2D eigenvalue weighted by molar-refractivity contribution is 5.96. The first-order valence-electron chi connectivity index (χ1n) is 9.72. The average molecular weight is 409 g/mol. The van der Waals surface area contributed by atoms with Crippen LogP contribution < -0.4 is 14.8 Å². The standard InChI is InChI=1S/C24H19N5O2/c1-30-20-12-17-18(13-21(20)31-2)26-14-27-24(17)28-19-11-16-9-6-10-25-23(16)29-22(19)15-7-4-3-5-8-15/h3-14H,1-2H3,(H,26,27,28). The Kier molecular flexibility index (Phi) is 4.76. The SMILES string of the molecule is COc1cc2ncnc(Nc3cc4cccnc4nc3-c3ccccc3)c2cc1OC. The number of benzene rings is 2. The van der Waals surface area contributed by atoms with Crippen molar-refractivity contribution in [3.05, 3.63) is 73.2 Å². The van der Waals surface area contributed by atoms with Gasteiger partial charge < -0.3 is 14.8 Å². The molecule has 5 rings (SSSR count). The number of fused-ring (bicyclic) bond motifs is 2. The van der Waals surface area contributed by atoms with Crippen molar-refractivity contribution in [3.63, 3.8) is 0 Å². The van der Waals surface area contributed by atoms with Crippen molar-refractivity contribution in [2.45, 2.75) is 0 Å². The van der Waals surface area contributed by atoms with Gasteiger partial charge >= 0.3 is 0 Å². The van der Waals surface area contributed by atoms with Crippen LogP contribution in [0.3, 0.4) is 0 Å². The van der Waals surface area contributed by atoms with E-state index in [4.69, 9.17) is 14.5 Å². The second kappa shape index (κ2) is 7.87. The lowest BCUT2D eigenvalue weighted by Crippen LogP contribution is -2.01. The minimum absolute atomic E-state index is 0.608. The number of hydrogen-bond acceptors (Lipinski definition) is 7. The van der Waals surface area contributed by atoms with Gasteiger partial charge in [-0.2, -0.15) is 0 Å². The molecule has 31 heavy (non-hydrogen) atoms. The van der Waals surface area contributed by atoms with E-state index >= 15 is 0 Å². The molecule has 7 nitrogen and oxygen atoms in total. The number of methoxy groups -OCH3 is 2. The second-order valence-corrected chi connectivity index (χ2v) is 6.87.